The molecule has 0 spiro atoms. The number of aryl methyl sites for hydroxylation is 2. The third-order valence-electron chi connectivity index (χ3n) is 5.35. The van der Waals surface area contributed by atoms with Crippen LogP contribution in [0.2, 0.25) is 0 Å². The predicted molar refractivity (Wildman–Crippen MR) is 93.5 cm³/mol. The minimum Gasteiger partial charge on any atom is -0.349 e. The highest BCUT2D eigenvalue weighted by atomic mass is 32.2. The quantitative estimate of drug-likeness (QED) is 0.781. The van der Waals surface area contributed by atoms with E-state index in [1.54, 1.807) is 12.1 Å². The van der Waals surface area contributed by atoms with Crippen molar-refractivity contribution >= 4 is 15.7 Å². The molecule has 0 heterocycles. The van der Waals surface area contributed by atoms with Crippen molar-refractivity contribution in [1.82, 2.24) is 5.32 Å². The molecule has 1 fully saturated rings. The third kappa shape index (κ3) is 3.64. The van der Waals surface area contributed by atoms with Crippen LogP contribution in [0, 0.1) is 5.92 Å². The maximum atomic E-state index is 12.5. The van der Waals surface area contributed by atoms with Crippen molar-refractivity contribution in [1.29, 1.82) is 0 Å². The standard InChI is InChI=1S/C18H26N2O3S/c1-18(12-19,15-6-7-15)20-17(21)9-10-24(22,23)16-8-5-13-3-2-4-14(13)11-16/h5,8,11,15H,2-4,6-7,9-10,12,19H2,1H3,(H,20,21). The van der Waals surface area contributed by atoms with Crippen LogP contribution in [0.1, 0.15) is 43.7 Å². The van der Waals surface area contributed by atoms with Crippen molar-refractivity contribution in [2.75, 3.05) is 12.3 Å². The average molecular weight is 350 g/mol. The van der Waals surface area contributed by atoms with Crippen molar-refractivity contribution in [2.24, 2.45) is 11.7 Å². The molecule has 2 aliphatic rings. The summed E-state index contributed by atoms with van der Waals surface area (Å²) >= 11 is 0. The molecule has 1 atom stereocenters. The van der Waals surface area contributed by atoms with Gasteiger partial charge in [0.05, 0.1) is 16.2 Å². The minimum absolute atomic E-state index is 0.0261. The van der Waals surface area contributed by atoms with Gasteiger partial charge in [-0.05, 0) is 68.2 Å². The maximum Gasteiger partial charge on any atom is 0.221 e. The summed E-state index contributed by atoms with van der Waals surface area (Å²) < 4.78 is 25.0. The lowest BCUT2D eigenvalue weighted by atomic mass is 9.96. The van der Waals surface area contributed by atoms with E-state index >= 15 is 0 Å². The summed E-state index contributed by atoms with van der Waals surface area (Å²) in [5.41, 5.74) is 7.75. The van der Waals surface area contributed by atoms with Gasteiger partial charge in [0.15, 0.2) is 9.84 Å². The van der Waals surface area contributed by atoms with Crippen LogP contribution in [-0.4, -0.2) is 32.2 Å². The van der Waals surface area contributed by atoms with Crippen molar-refractivity contribution in [3.8, 4) is 0 Å². The molecule has 24 heavy (non-hydrogen) atoms. The predicted octanol–water partition coefficient (Wildman–Crippen LogP) is 1.58. The molecule has 3 N–H and O–H groups in total. The highest BCUT2D eigenvalue weighted by Gasteiger charge is 2.41. The number of nitrogens with one attached hydrogen (secondary N) is 1. The Morgan fingerprint density at radius 2 is 2.00 bits per heavy atom. The van der Waals surface area contributed by atoms with Crippen LogP contribution in [0.25, 0.3) is 0 Å². The van der Waals surface area contributed by atoms with Crippen molar-refractivity contribution in [2.45, 2.75) is 55.9 Å². The summed E-state index contributed by atoms with van der Waals surface area (Å²) in [6.07, 6.45) is 5.16. The smallest absolute Gasteiger partial charge is 0.221 e. The molecule has 1 aromatic rings. The van der Waals surface area contributed by atoms with E-state index in [1.807, 2.05) is 13.0 Å². The molecule has 0 radical (unpaired) electrons. The monoisotopic (exact) mass is 350 g/mol. The molecule has 0 saturated heterocycles. The van der Waals surface area contributed by atoms with Gasteiger partial charge in [0.2, 0.25) is 5.91 Å². The van der Waals surface area contributed by atoms with E-state index in [0.717, 1.165) is 37.7 Å². The van der Waals surface area contributed by atoms with Gasteiger partial charge in [0.25, 0.3) is 0 Å². The molecule has 5 nitrogen and oxygen atoms in total. The summed E-state index contributed by atoms with van der Waals surface area (Å²) in [4.78, 5) is 12.5. The molecule has 6 heteroatoms. The Morgan fingerprint density at radius 3 is 2.67 bits per heavy atom. The lowest BCUT2D eigenvalue weighted by Gasteiger charge is -2.29. The fourth-order valence-electron chi connectivity index (χ4n) is 3.51. The van der Waals surface area contributed by atoms with Crippen LogP contribution in [0.15, 0.2) is 23.1 Å². The van der Waals surface area contributed by atoms with Crippen LogP contribution in [0.5, 0.6) is 0 Å². The normalized spacial score (nSPS) is 19.6. The van der Waals surface area contributed by atoms with Crippen LogP contribution in [-0.2, 0) is 27.5 Å². The number of sulfone groups is 1. The molecule has 3 rings (SSSR count). The molecule has 1 unspecified atom stereocenters. The van der Waals surface area contributed by atoms with Gasteiger partial charge < -0.3 is 11.1 Å². The Labute approximate surface area is 143 Å². The SMILES string of the molecule is CC(CN)(NC(=O)CCS(=O)(=O)c1ccc2c(c1)CCC2)C1CC1. The third-order valence-corrected chi connectivity index (χ3v) is 7.07. The fourth-order valence-corrected chi connectivity index (χ4v) is 4.79. The summed E-state index contributed by atoms with van der Waals surface area (Å²) in [6.45, 7) is 2.32. The topological polar surface area (TPSA) is 89.3 Å². The molecule has 0 aliphatic heterocycles. The number of nitrogens with two attached hydrogens (primary N) is 1. The van der Waals surface area contributed by atoms with E-state index in [0.29, 0.717) is 17.4 Å². The van der Waals surface area contributed by atoms with Gasteiger partial charge in [-0.15, -0.1) is 0 Å². The number of carbonyl (C=O) groups is 1. The summed E-state index contributed by atoms with van der Waals surface area (Å²) in [5, 5.41) is 2.94. The Hall–Kier alpha value is -1.40. The molecule has 1 saturated carbocycles. The summed E-state index contributed by atoms with van der Waals surface area (Å²) in [6, 6.07) is 5.36. The van der Waals surface area contributed by atoms with Gasteiger partial charge in [0, 0.05) is 13.0 Å². The number of hydrogen-bond acceptors (Lipinski definition) is 4. The van der Waals surface area contributed by atoms with Gasteiger partial charge in [-0.2, -0.15) is 0 Å². The van der Waals surface area contributed by atoms with E-state index in [-0.39, 0.29) is 18.1 Å². The zero-order chi connectivity index (χ0) is 17.4. The van der Waals surface area contributed by atoms with Crippen molar-refractivity contribution < 1.29 is 13.2 Å². The fraction of sp³-hybridized carbons (Fsp3) is 0.611. The van der Waals surface area contributed by atoms with E-state index in [9.17, 15) is 13.2 Å². The number of hydrogen-bond donors (Lipinski definition) is 2. The maximum absolute atomic E-state index is 12.5. The second-order valence-electron chi connectivity index (χ2n) is 7.30. The lowest BCUT2D eigenvalue weighted by Crippen LogP contribution is -2.53. The zero-order valence-electron chi connectivity index (χ0n) is 14.2. The second kappa shape index (κ2) is 6.48. The average Bonchev–Trinajstić information content (AvgIpc) is 3.31. The van der Waals surface area contributed by atoms with E-state index in [4.69, 9.17) is 5.73 Å². The van der Waals surface area contributed by atoms with Crippen LogP contribution >= 0.6 is 0 Å². The molecule has 1 amide bonds. The first-order valence-electron chi connectivity index (χ1n) is 8.70. The van der Waals surface area contributed by atoms with Gasteiger partial charge in [-0.1, -0.05) is 6.07 Å². The number of fused-ring (bicyclic) bond motifs is 1. The molecule has 2 aliphatic carbocycles. The highest BCUT2D eigenvalue weighted by Crippen LogP contribution is 2.39. The van der Waals surface area contributed by atoms with Crippen LogP contribution in [0.3, 0.4) is 0 Å². The minimum atomic E-state index is -3.44. The number of amides is 1. The van der Waals surface area contributed by atoms with Crippen LogP contribution < -0.4 is 11.1 Å². The largest absolute Gasteiger partial charge is 0.349 e. The number of carbonyl (C=O) groups excluding carboxylic acids is 1. The highest BCUT2D eigenvalue weighted by molar-refractivity contribution is 7.91. The molecule has 1 aromatic carbocycles. The zero-order valence-corrected chi connectivity index (χ0v) is 15.0. The van der Waals surface area contributed by atoms with Crippen molar-refractivity contribution in [3.63, 3.8) is 0 Å². The van der Waals surface area contributed by atoms with Gasteiger partial charge in [-0.25, -0.2) is 8.42 Å². The second-order valence-corrected chi connectivity index (χ2v) is 9.41. The first-order valence-corrected chi connectivity index (χ1v) is 10.3. The Kier molecular flexibility index (Phi) is 4.71. The molecular weight excluding hydrogens is 324 g/mol. The Bertz CT molecular complexity index is 741. The first kappa shape index (κ1) is 17.4. The van der Waals surface area contributed by atoms with E-state index in [1.165, 1.54) is 5.56 Å². The number of benzene rings is 1. The Morgan fingerprint density at radius 1 is 1.29 bits per heavy atom. The van der Waals surface area contributed by atoms with Gasteiger partial charge >= 0.3 is 0 Å². The first-order chi connectivity index (χ1) is 11.3. The molecule has 0 aromatic heterocycles. The lowest BCUT2D eigenvalue weighted by molar-refractivity contribution is -0.122. The number of rotatable bonds is 7. The molecule has 0 bridgehead atoms. The molecule has 132 valence electrons. The van der Waals surface area contributed by atoms with Crippen LogP contribution in [0.4, 0.5) is 0 Å². The Balaban J connectivity index is 1.61. The van der Waals surface area contributed by atoms with Gasteiger partial charge in [0.1, 0.15) is 0 Å². The molecular formula is C18H26N2O3S. The summed E-state index contributed by atoms with van der Waals surface area (Å²) in [7, 11) is -3.44. The van der Waals surface area contributed by atoms with Gasteiger partial charge in [-0.3, -0.25) is 4.79 Å². The summed E-state index contributed by atoms with van der Waals surface area (Å²) in [5.74, 6) is 0.0162. The van der Waals surface area contributed by atoms with E-state index in [2.05, 4.69) is 5.32 Å². The van der Waals surface area contributed by atoms with Crippen molar-refractivity contribution in [3.05, 3.63) is 29.3 Å². The van der Waals surface area contributed by atoms with E-state index < -0.39 is 15.4 Å².